The Kier molecular flexibility index (Phi) is 15.8. The molecule has 2 saturated carbocycles. The van der Waals surface area contributed by atoms with Crippen molar-refractivity contribution >= 4 is 17.8 Å². The molecule has 17 nitrogen and oxygen atoms in total. The molecule has 4 aliphatic rings. The van der Waals surface area contributed by atoms with Crippen LogP contribution in [-0.2, 0) is 38.1 Å². The summed E-state index contributed by atoms with van der Waals surface area (Å²) in [4.78, 5) is 38.3. The summed E-state index contributed by atoms with van der Waals surface area (Å²) in [7, 11) is 0. The van der Waals surface area contributed by atoms with Crippen LogP contribution in [0.2, 0.25) is 0 Å². The summed E-state index contributed by atoms with van der Waals surface area (Å²) in [6.07, 6.45) is -9.92. The number of carbonyl (C=O) groups excluding carboxylic acids is 2. The average molecular weight is 734 g/mol. The first-order valence-corrected chi connectivity index (χ1v) is 18.4. The smallest absolute Gasteiger partial charge is 0.332 e. The molecule has 0 aromatic rings. The van der Waals surface area contributed by atoms with Crippen molar-refractivity contribution < 1.29 is 68.7 Å². The highest BCUT2D eigenvalue weighted by molar-refractivity contribution is 5.78. The summed E-state index contributed by atoms with van der Waals surface area (Å²) in [5.74, 6) is -2.91. The zero-order valence-corrected chi connectivity index (χ0v) is 29.7. The lowest BCUT2D eigenvalue weighted by Gasteiger charge is -2.49. The van der Waals surface area contributed by atoms with E-state index in [1.54, 1.807) is 0 Å². The number of carboxylic acid groups (broad SMARTS) is 1. The molecule has 10 unspecified atom stereocenters. The predicted octanol–water partition coefficient (Wildman–Crippen LogP) is -1.51. The van der Waals surface area contributed by atoms with E-state index in [1.165, 1.54) is 13.8 Å². The lowest BCUT2D eigenvalue weighted by molar-refractivity contribution is -0.338. The Morgan fingerprint density at radius 3 is 2.24 bits per heavy atom. The summed E-state index contributed by atoms with van der Waals surface area (Å²) in [5, 5.41) is 68.8. The molecule has 0 aromatic carbocycles. The average Bonchev–Trinajstić information content (AvgIpc) is 3.11. The number of aliphatic hydroxyl groups is 5. The maximum Gasteiger partial charge on any atom is 0.332 e. The van der Waals surface area contributed by atoms with Crippen molar-refractivity contribution in [2.24, 2.45) is 23.5 Å². The molecule has 2 heterocycles. The maximum absolute atomic E-state index is 13.3. The number of carboxylic acids is 1. The van der Waals surface area contributed by atoms with E-state index in [4.69, 9.17) is 29.4 Å². The summed E-state index contributed by atoms with van der Waals surface area (Å²) in [6.45, 7) is 4.41. The quantitative estimate of drug-likeness (QED) is 0.0926. The molecule has 4 rings (SSSR count). The number of rotatable bonds is 15. The Hall–Kier alpha value is -2.03. The van der Waals surface area contributed by atoms with Gasteiger partial charge in [-0.3, -0.25) is 9.59 Å². The molecule has 2 aliphatic carbocycles. The highest BCUT2D eigenvalue weighted by atomic mass is 16.7. The highest BCUT2D eigenvalue weighted by Gasteiger charge is 2.52. The number of aliphatic hydroxyl groups excluding tert-OH is 5. The van der Waals surface area contributed by atoms with Crippen LogP contribution in [-0.4, -0.2) is 148 Å². The van der Waals surface area contributed by atoms with Crippen LogP contribution in [0.4, 0.5) is 0 Å². The van der Waals surface area contributed by atoms with E-state index in [-0.39, 0.29) is 43.7 Å². The van der Waals surface area contributed by atoms with Gasteiger partial charge < -0.3 is 70.7 Å². The molecule has 2 saturated heterocycles. The topological polar surface area (TPSA) is 269 Å². The number of ether oxygens (including phenoxy) is 5. The molecule has 294 valence electrons. The molecule has 0 bridgehead atoms. The molecular formula is C34H59N3O14. The third kappa shape index (κ3) is 10.6. The highest BCUT2D eigenvalue weighted by Crippen LogP contribution is 2.40. The van der Waals surface area contributed by atoms with E-state index in [1.807, 2.05) is 6.92 Å². The van der Waals surface area contributed by atoms with Gasteiger partial charge in [0.2, 0.25) is 11.8 Å². The standard InChI is InChI=1S/C34H59N3O14/c1-4-19-13-20(31(44)36-11-10-35)14-21(29(19)51-34-28(43)27(42)25(40)16(2)47-34)49-33-24(37-17(3)39)30(26(41)23(15-38)50-33)48-22(32(45)46)12-18-8-6-5-7-9-18/h16,18-30,33-34,38,40-43H,4-15,35H2,1-3H3,(H,36,44)(H,37,39)(H,45,46)/t16?,19?,20?,21-,22?,23?,24?,25-,26+,27?,28?,29?,30?,33-,34+/m1/s1. The Morgan fingerprint density at radius 2 is 1.63 bits per heavy atom. The van der Waals surface area contributed by atoms with Gasteiger partial charge in [-0.25, -0.2) is 4.79 Å². The van der Waals surface area contributed by atoms with Crippen molar-refractivity contribution in [3.05, 3.63) is 0 Å². The van der Waals surface area contributed by atoms with E-state index in [9.17, 15) is 45.0 Å². The Labute approximate surface area is 298 Å². The lowest BCUT2D eigenvalue weighted by atomic mass is 9.75. The normalized spacial score (nSPS) is 39.9. The van der Waals surface area contributed by atoms with Crippen molar-refractivity contribution in [2.45, 2.75) is 158 Å². The number of nitrogens with two attached hydrogens (primary N) is 1. The minimum absolute atomic E-state index is 0.0606. The van der Waals surface area contributed by atoms with Crippen LogP contribution in [0.3, 0.4) is 0 Å². The van der Waals surface area contributed by atoms with Gasteiger partial charge >= 0.3 is 5.97 Å². The third-order valence-corrected chi connectivity index (χ3v) is 10.8. The molecule has 0 spiro atoms. The maximum atomic E-state index is 13.3. The summed E-state index contributed by atoms with van der Waals surface area (Å²) < 4.78 is 30.8. The van der Waals surface area contributed by atoms with Gasteiger partial charge in [0.05, 0.1) is 24.9 Å². The number of amides is 2. The van der Waals surface area contributed by atoms with E-state index < -0.39 is 104 Å². The van der Waals surface area contributed by atoms with Crippen LogP contribution in [0.25, 0.3) is 0 Å². The molecule has 4 fully saturated rings. The monoisotopic (exact) mass is 733 g/mol. The molecule has 51 heavy (non-hydrogen) atoms. The molecular weight excluding hydrogens is 674 g/mol. The van der Waals surface area contributed by atoms with Crippen molar-refractivity contribution in [3.8, 4) is 0 Å². The van der Waals surface area contributed by atoms with Gasteiger partial charge in [-0.1, -0.05) is 45.4 Å². The largest absolute Gasteiger partial charge is 0.479 e. The van der Waals surface area contributed by atoms with Crippen molar-refractivity contribution in [1.29, 1.82) is 0 Å². The zero-order chi connectivity index (χ0) is 37.4. The van der Waals surface area contributed by atoms with E-state index in [0.29, 0.717) is 12.8 Å². The van der Waals surface area contributed by atoms with Crippen molar-refractivity contribution in [2.75, 3.05) is 19.7 Å². The molecule has 2 aliphatic heterocycles. The van der Waals surface area contributed by atoms with Crippen LogP contribution in [0.5, 0.6) is 0 Å². The molecule has 2 amide bonds. The Bertz CT molecular complexity index is 1130. The predicted molar refractivity (Wildman–Crippen MR) is 178 cm³/mol. The number of carbonyl (C=O) groups is 3. The van der Waals surface area contributed by atoms with Crippen LogP contribution in [0.15, 0.2) is 0 Å². The second-order valence-electron chi connectivity index (χ2n) is 14.5. The number of aliphatic carboxylic acids is 1. The minimum Gasteiger partial charge on any atom is -0.479 e. The van der Waals surface area contributed by atoms with Gasteiger partial charge in [0.1, 0.15) is 42.7 Å². The first-order valence-electron chi connectivity index (χ1n) is 18.4. The van der Waals surface area contributed by atoms with Crippen LogP contribution in [0, 0.1) is 17.8 Å². The molecule has 15 atom stereocenters. The number of hydrogen-bond donors (Lipinski definition) is 9. The minimum atomic E-state index is -1.62. The fourth-order valence-electron chi connectivity index (χ4n) is 7.92. The van der Waals surface area contributed by atoms with Gasteiger partial charge in [-0.2, -0.15) is 0 Å². The third-order valence-electron chi connectivity index (χ3n) is 10.8. The van der Waals surface area contributed by atoms with Gasteiger partial charge in [0.15, 0.2) is 18.7 Å². The van der Waals surface area contributed by atoms with Gasteiger partial charge in [-0.15, -0.1) is 0 Å². The summed E-state index contributed by atoms with van der Waals surface area (Å²) in [6, 6.07) is -1.27. The van der Waals surface area contributed by atoms with E-state index in [2.05, 4.69) is 10.6 Å². The van der Waals surface area contributed by atoms with Gasteiger partial charge in [0.25, 0.3) is 0 Å². The number of hydrogen-bond acceptors (Lipinski definition) is 14. The molecule has 0 radical (unpaired) electrons. The van der Waals surface area contributed by atoms with E-state index in [0.717, 1.165) is 32.1 Å². The molecule has 10 N–H and O–H groups in total. The first-order chi connectivity index (χ1) is 24.3. The van der Waals surface area contributed by atoms with Crippen LogP contribution < -0.4 is 16.4 Å². The zero-order valence-electron chi connectivity index (χ0n) is 29.7. The number of nitrogens with one attached hydrogen (secondary N) is 2. The van der Waals surface area contributed by atoms with Gasteiger partial charge in [-0.05, 0) is 38.0 Å². The lowest BCUT2D eigenvalue weighted by Crippen LogP contribution is -2.67. The first kappa shape index (κ1) is 41.7. The molecule has 0 aromatic heterocycles. The Morgan fingerprint density at radius 1 is 0.922 bits per heavy atom. The summed E-state index contributed by atoms with van der Waals surface area (Å²) >= 11 is 0. The summed E-state index contributed by atoms with van der Waals surface area (Å²) in [5.41, 5.74) is 5.62. The van der Waals surface area contributed by atoms with E-state index >= 15 is 0 Å². The van der Waals surface area contributed by atoms with Crippen molar-refractivity contribution in [3.63, 3.8) is 0 Å². The van der Waals surface area contributed by atoms with Crippen LogP contribution in [0.1, 0.15) is 78.6 Å². The second kappa shape index (κ2) is 19.3. The fraction of sp³-hybridized carbons (Fsp3) is 0.912. The second-order valence-corrected chi connectivity index (χ2v) is 14.5. The molecule has 17 heteroatoms. The van der Waals surface area contributed by atoms with Gasteiger partial charge in [0, 0.05) is 25.9 Å². The fourth-order valence-corrected chi connectivity index (χ4v) is 7.92. The van der Waals surface area contributed by atoms with Crippen molar-refractivity contribution in [1.82, 2.24) is 10.6 Å². The SMILES string of the molecule is CCC1CC(C(=O)NCCN)C[C@@H](O[C@@H]2OC(CO)[C@H](O)C(OC(CC3CCCCC3)C(=O)O)C2NC(C)=O)C1O[C@@H]1OC(C)[C@@H](O)C(O)C1O. The van der Waals surface area contributed by atoms with Crippen LogP contribution >= 0.6 is 0 Å². The Balaban J connectivity index is 1.66.